The van der Waals surface area contributed by atoms with Gasteiger partial charge in [-0.05, 0) is 88.1 Å². The third kappa shape index (κ3) is 5.85. The van der Waals surface area contributed by atoms with E-state index in [0.717, 1.165) is 63.7 Å². The molecule has 1 unspecified atom stereocenters. The van der Waals surface area contributed by atoms with Crippen LogP contribution >= 0.6 is 11.6 Å². The van der Waals surface area contributed by atoms with Gasteiger partial charge in [0, 0.05) is 17.1 Å². The van der Waals surface area contributed by atoms with Crippen molar-refractivity contribution in [2.75, 3.05) is 6.61 Å². The molecule has 0 fully saturated rings. The van der Waals surface area contributed by atoms with Gasteiger partial charge in [-0.3, -0.25) is 4.79 Å². The summed E-state index contributed by atoms with van der Waals surface area (Å²) in [6, 6.07) is 19.5. The molecule has 182 valence electrons. The number of halogens is 1. The van der Waals surface area contributed by atoms with Crippen molar-refractivity contribution in [1.82, 2.24) is 14.9 Å². The Morgan fingerprint density at radius 2 is 1.77 bits per heavy atom. The number of amides is 1. The molecule has 4 aromatic rings. The van der Waals surface area contributed by atoms with Crippen LogP contribution in [0.3, 0.4) is 0 Å². The quantitative estimate of drug-likeness (QED) is 0.258. The molecule has 3 aromatic carbocycles. The summed E-state index contributed by atoms with van der Waals surface area (Å²) < 4.78 is 8.19. The van der Waals surface area contributed by atoms with Crippen LogP contribution in [0.4, 0.5) is 0 Å². The molecule has 0 aliphatic heterocycles. The maximum absolute atomic E-state index is 12.8. The lowest BCUT2D eigenvalue weighted by Crippen LogP contribution is -2.28. The number of carbonyl (C=O) groups is 1. The fraction of sp³-hybridized carbons (Fsp3) is 0.310. The maximum Gasteiger partial charge on any atom is 0.251 e. The minimum absolute atomic E-state index is 0.0956. The summed E-state index contributed by atoms with van der Waals surface area (Å²) in [7, 11) is 0. The standard InChI is InChI=1S/C29H32ClN3O2/c1-19-10-9-11-23(16-19)29(34)31-22(4)28-32-25-12-5-6-13-26(25)33(28)14-7-8-15-35-24-17-20(2)27(30)21(3)18-24/h5-6,9-13,16-18,22H,7-8,14-15H2,1-4H3,(H,31,34). The Balaban J connectivity index is 1.42. The lowest BCUT2D eigenvalue weighted by atomic mass is 10.1. The zero-order valence-electron chi connectivity index (χ0n) is 20.8. The zero-order chi connectivity index (χ0) is 24.9. The highest BCUT2D eigenvalue weighted by molar-refractivity contribution is 6.32. The largest absolute Gasteiger partial charge is 0.494 e. The molecular formula is C29H32ClN3O2. The highest BCUT2D eigenvalue weighted by Crippen LogP contribution is 2.26. The van der Waals surface area contributed by atoms with Gasteiger partial charge in [0.05, 0.1) is 23.7 Å². The molecule has 0 spiro atoms. The van der Waals surface area contributed by atoms with Gasteiger partial charge in [0.1, 0.15) is 11.6 Å². The number of imidazole rings is 1. The SMILES string of the molecule is Cc1cccc(C(=O)NC(C)c2nc3ccccc3n2CCCCOc2cc(C)c(Cl)c(C)c2)c1. The average molecular weight is 490 g/mol. The molecule has 0 aliphatic carbocycles. The van der Waals surface area contributed by atoms with Crippen molar-refractivity contribution in [3.63, 3.8) is 0 Å². The zero-order valence-corrected chi connectivity index (χ0v) is 21.5. The van der Waals surface area contributed by atoms with Crippen molar-refractivity contribution >= 4 is 28.5 Å². The number of hydrogen-bond donors (Lipinski definition) is 1. The number of rotatable bonds is 9. The molecule has 0 saturated heterocycles. The number of benzene rings is 3. The van der Waals surface area contributed by atoms with Gasteiger partial charge in [-0.2, -0.15) is 0 Å². The molecule has 0 bridgehead atoms. The van der Waals surface area contributed by atoms with Crippen LogP contribution in [-0.2, 0) is 6.54 Å². The van der Waals surface area contributed by atoms with E-state index in [1.165, 1.54) is 0 Å². The molecular weight excluding hydrogens is 458 g/mol. The van der Waals surface area contributed by atoms with E-state index < -0.39 is 0 Å². The predicted molar refractivity (Wildman–Crippen MR) is 142 cm³/mol. The molecule has 0 saturated carbocycles. The van der Waals surface area contributed by atoms with Crippen LogP contribution in [0.1, 0.15) is 58.7 Å². The van der Waals surface area contributed by atoms with Crippen molar-refractivity contribution in [3.05, 3.63) is 93.8 Å². The Morgan fingerprint density at radius 1 is 1.03 bits per heavy atom. The van der Waals surface area contributed by atoms with Gasteiger partial charge in [-0.1, -0.05) is 41.4 Å². The second-order valence-corrected chi connectivity index (χ2v) is 9.48. The van der Waals surface area contributed by atoms with E-state index in [1.807, 2.05) is 82.3 Å². The summed E-state index contributed by atoms with van der Waals surface area (Å²) in [6.07, 6.45) is 1.83. The smallest absolute Gasteiger partial charge is 0.251 e. The van der Waals surface area contributed by atoms with Crippen LogP contribution in [0.2, 0.25) is 5.02 Å². The second kappa shape index (κ2) is 11.0. The number of nitrogens with zero attached hydrogens (tertiary/aromatic N) is 2. The fourth-order valence-electron chi connectivity index (χ4n) is 4.34. The topological polar surface area (TPSA) is 56.2 Å². The van der Waals surface area contributed by atoms with E-state index in [0.29, 0.717) is 12.2 Å². The van der Waals surface area contributed by atoms with Crippen LogP contribution in [-0.4, -0.2) is 22.1 Å². The number of ether oxygens (including phenoxy) is 1. The summed E-state index contributed by atoms with van der Waals surface area (Å²) >= 11 is 6.26. The Labute approximate surface area is 212 Å². The number of hydrogen-bond acceptors (Lipinski definition) is 3. The molecule has 4 rings (SSSR count). The molecule has 0 aliphatic rings. The van der Waals surface area contributed by atoms with E-state index in [-0.39, 0.29) is 11.9 Å². The molecule has 1 amide bonds. The number of nitrogens with one attached hydrogen (secondary N) is 1. The van der Waals surface area contributed by atoms with Crippen molar-refractivity contribution < 1.29 is 9.53 Å². The van der Waals surface area contributed by atoms with Gasteiger partial charge in [-0.15, -0.1) is 0 Å². The van der Waals surface area contributed by atoms with Gasteiger partial charge in [0.15, 0.2) is 0 Å². The molecule has 1 heterocycles. The van der Waals surface area contributed by atoms with Crippen LogP contribution in [0, 0.1) is 20.8 Å². The highest BCUT2D eigenvalue weighted by atomic mass is 35.5. The van der Waals surface area contributed by atoms with Crippen molar-refractivity contribution in [1.29, 1.82) is 0 Å². The van der Waals surface area contributed by atoms with Crippen molar-refractivity contribution in [3.8, 4) is 5.75 Å². The maximum atomic E-state index is 12.8. The van der Waals surface area contributed by atoms with Gasteiger partial charge >= 0.3 is 0 Å². The number of unbranched alkanes of at least 4 members (excludes halogenated alkanes) is 1. The molecule has 1 atom stereocenters. The molecule has 1 N–H and O–H groups in total. The Hall–Kier alpha value is -3.31. The average Bonchev–Trinajstić information content (AvgIpc) is 3.21. The summed E-state index contributed by atoms with van der Waals surface area (Å²) in [6.45, 7) is 9.38. The summed E-state index contributed by atoms with van der Waals surface area (Å²) in [5.41, 5.74) is 5.77. The molecule has 1 aromatic heterocycles. The predicted octanol–water partition coefficient (Wildman–Crippen LogP) is 6.97. The Kier molecular flexibility index (Phi) is 7.76. The summed E-state index contributed by atoms with van der Waals surface area (Å²) in [5, 5.41) is 3.91. The summed E-state index contributed by atoms with van der Waals surface area (Å²) in [4.78, 5) is 17.7. The lowest BCUT2D eigenvalue weighted by Gasteiger charge is -2.17. The first-order valence-electron chi connectivity index (χ1n) is 12.1. The van der Waals surface area contributed by atoms with E-state index in [2.05, 4.69) is 16.0 Å². The second-order valence-electron chi connectivity index (χ2n) is 9.10. The van der Waals surface area contributed by atoms with Crippen LogP contribution in [0.25, 0.3) is 11.0 Å². The molecule has 5 nitrogen and oxygen atoms in total. The third-order valence-corrected chi connectivity index (χ3v) is 6.75. The van der Waals surface area contributed by atoms with E-state index >= 15 is 0 Å². The molecule has 35 heavy (non-hydrogen) atoms. The summed E-state index contributed by atoms with van der Waals surface area (Å²) in [5.74, 6) is 1.62. The van der Waals surface area contributed by atoms with Crippen LogP contribution in [0.5, 0.6) is 5.75 Å². The minimum Gasteiger partial charge on any atom is -0.494 e. The first-order valence-corrected chi connectivity index (χ1v) is 12.4. The lowest BCUT2D eigenvalue weighted by molar-refractivity contribution is 0.0937. The fourth-order valence-corrected chi connectivity index (χ4v) is 4.45. The van der Waals surface area contributed by atoms with E-state index in [4.69, 9.17) is 21.3 Å². The third-order valence-electron chi connectivity index (χ3n) is 6.15. The molecule has 0 radical (unpaired) electrons. The number of aromatic nitrogens is 2. The normalized spacial score (nSPS) is 12.0. The van der Waals surface area contributed by atoms with Gasteiger partial charge < -0.3 is 14.6 Å². The van der Waals surface area contributed by atoms with E-state index in [1.54, 1.807) is 0 Å². The van der Waals surface area contributed by atoms with Crippen LogP contribution < -0.4 is 10.1 Å². The Bertz CT molecular complexity index is 1320. The van der Waals surface area contributed by atoms with Gasteiger partial charge in [0.2, 0.25) is 0 Å². The number of fused-ring (bicyclic) bond motifs is 1. The molecule has 6 heteroatoms. The minimum atomic E-state index is -0.230. The van der Waals surface area contributed by atoms with Crippen LogP contribution in [0.15, 0.2) is 60.7 Å². The number of aryl methyl sites for hydroxylation is 4. The number of carbonyl (C=O) groups excluding carboxylic acids is 1. The monoisotopic (exact) mass is 489 g/mol. The highest BCUT2D eigenvalue weighted by Gasteiger charge is 2.19. The van der Waals surface area contributed by atoms with Gasteiger partial charge in [0.25, 0.3) is 5.91 Å². The first-order chi connectivity index (χ1) is 16.8. The number of para-hydroxylation sites is 2. The van der Waals surface area contributed by atoms with E-state index in [9.17, 15) is 4.79 Å². The van der Waals surface area contributed by atoms with Gasteiger partial charge in [-0.25, -0.2) is 4.98 Å². The van der Waals surface area contributed by atoms with Crippen molar-refractivity contribution in [2.24, 2.45) is 0 Å². The van der Waals surface area contributed by atoms with Crippen molar-refractivity contribution in [2.45, 2.75) is 53.1 Å². The Morgan fingerprint density at radius 3 is 2.51 bits per heavy atom. The first kappa shape index (κ1) is 24.8.